The lowest BCUT2D eigenvalue weighted by Crippen LogP contribution is -2.32. The number of rotatable bonds is 6. The van der Waals surface area contributed by atoms with Gasteiger partial charge in [0.2, 0.25) is 0 Å². The minimum atomic E-state index is -0.225. The summed E-state index contributed by atoms with van der Waals surface area (Å²) in [6.45, 7) is 11.7. The van der Waals surface area contributed by atoms with E-state index in [0.717, 1.165) is 30.7 Å². The molecule has 0 heterocycles. The van der Waals surface area contributed by atoms with Crippen molar-refractivity contribution in [2.75, 3.05) is 6.54 Å². The average Bonchev–Trinajstić information content (AvgIpc) is 2.36. The summed E-state index contributed by atoms with van der Waals surface area (Å²) in [5.74, 6) is 1.37. The Bertz CT molecular complexity index is 475. The van der Waals surface area contributed by atoms with Crippen molar-refractivity contribution in [3.63, 3.8) is 0 Å². The van der Waals surface area contributed by atoms with E-state index in [0.29, 0.717) is 12.5 Å². The standard InChI is InChI=1S/C17H29N3O/c1-6-7-10-19-16(18)20-12-14-9-8-13(2)11-15(14)21-17(3,4)5/h8-9,11H,6-7,10,12H2,1-5H3,(H3,18,19,20). The van der Waals surface area contributed by atoms with Crippen molar-refractivity contribution < 1.29 is 4.74 Å². The van der Waals surface area contributed by atoms with Gasteiger partial charge in [-0.05, 0) is 45.7 Å². The third-order valence-corrected chi connectivity index (χ3v) is 2.90. The molecule has 0 saturated carbocycles. The molecule has 0 aliphatic heterocycles. The van der Waals surface area contributed by atoms with Crippen LogP contribution in [0.4, 0.5) is 0 Å². The maximum absolute atomic E-state index is 6.01. The number of nitrogens with two attached hydrogens (primary N) is 1. The lowest BCUT2D eigenvalue weighted by atomic mass is 10.1. The Balaban J connectivity index is 2.76. The van der Waals surface area contributed by atoms with Crippen LogP contribution in [-0.4, -0.2) is 18.1 Å². The van der Waals surface area contributed by atoms with Gasteiger partial charge in [0.25, 0.3) is 0 Å². The molecule has 4 heteroatoms. The number of nitrogens with zero attached hydrogens (tertiary/aromatic N) is 1. The van der Waals surface area contributed by atoms with Crippen LogP contribution in [0.5, 0.6) is 5.75 Å². The Hall–Kier alpha value is -1.71. The van der Waals surface area contributed by atoms with E-state index in [-0.39, 0.29) is 5.60 Å². The number of hydrogen-bond acceptors (Lipinski definition) is 2. The highest BCUT2D eigenvalue weighted by molar-refractivity contribution is 5.77. The summed E-state index contributed by atoms with van der Waals surface area (Å²) >= 11 is 0. The molecule has 0 bridgehead atoms. The molecular formula is C17H29N3O. The van der Waals surface area contributed by atoms with E-state index in [4.69, 9.17) is 10.5 Å². The fourth-order valence-electron chi connectivity index (χ4n) is 1.84. The van der Waals surface area contributed by atoms with Gasteiger partial charge < -0.3 is 15.8 Å². The van der Waals surface area contributed by atoms with Crippen molar-refractivity contribution in [2.24, 2.45) is 10.7 Å². The van der Waals surface area contributed by atoms with Crippen molar-refractivity contribution in [1.82, 2.24) is 5.32 Å². The number of hydrogen-bond donors (Lipinski definition) is 2. The van der Waals surface area contributed by atoms with Crippen molar-refractivity contribution in [3.8, 4) is 5.75 Å². The lowest BCUT2D eigenvalue weighted by Gasteiger charge is -2.23. The molecule has 0 aromatic heterocycles. The van der Waals surface area contributed by atoms with Crippen molar-refractivity contribution in [1.29, 1.82) is 0 Å². The highest BCUT2D eigenvalue weighted by Crippen LogP contribution is 2.25. The van der Waals surface area contributed by atoms with Crippen molar-refractivity contribution in [3.05, 3.63) is 29.3 Å². The topological polar surface area (TPSA) is 59.6 Å². The Morgan fingerprint density at radius 2 is 2.05 bits per heavy atom. The van der Waals surface area contributed by atoms with E-state index in [1.807, 2.05) is 20.8 Å². The molecule has 0 spiro atoms. The number of benzene rings is 1. The van der Waals surface area contributed by atoms with E-state index in [2.05, 4.69) is 42.4 Å². The molecule has 118 valence electrons. The molecule has 0 saturated heterocycles. The normalized spacial score (nSPS) is 12.3. The molecule has 0 fully saturated rings. The minimum absolute atomic E-state index is 0.225. The number of unbranched alkanes of at least 4 members (excludes halogenated alkanes) is 1. The number of nitrogens with one attached hydrogen (secondary N) is 1. The van der Waals surface area contributed by atoms with Crippen LogP contribution in [0.2, 0.25) is 0 Å². The molecule has 4 nitrogen and oxygen atoms in total. The second-order valence-electron chi connectivity index (χ2n) is 6.31. The Labute approximate surface area is 128 Å². The van der Waals surface area contributed by atoms with Gasteiger partial charge in [0, 0.05) is 12.1 Å². The van der Waals surface area contributed by atoms with E-state index in [1.54, 1.807) is 0 Å². The summed E-state index contributed by atoms with van der Waals surface area (Å²) in [6, 6.07) is 6.18. The third kappa shape index (κ3) is 7.02. The first-order valence-electron chi connectivity index (χ1n) is 7.64. The van der Waals surface area contributed by atoms with E-state index in [1.165, 1.54) is 5.56 Å². The number of ether oxygens (including phenoxy) is 1. The third-order valence-electron chi connectivity index (χ3n) is 2.90. The van der Waals surface area contributed by atoms with Gasteiger partial charge in [0.1, 0.15) is 11.4 Å². The summed E-state index contributed by atoms with van der Waals surface area (Å²) in [6.07, 6.45) is 2.24. The van der Waals surface area contributed by atoms with Crippen LogP contribution in [-0.2, 0) is 6.54 Å². The first kappa shape index (κ1) is 17.3. The van der Waals surface area contributed by atoms with Gasteiger partial charge >= 0.3 is 0 Å². The number of aryl methyl sites for hydroxylation is 1. The Kier molecular flexibility index (Phi) is 6.53. The molecule has 0 unspecified atom stereocenters. The summed E-state index contributed by atoms with van der Waals surface area (Å²) in [5, 5.41) is 3.12. The highest BCUT2D eigenvalue weighted by atomic mass is 16.5. The predicted octanol–water partition coefficient (Wildman–Crippen LogP) is 3.38. The number of aliphatic imine (C=N–C) groups is 1. The van der Waals surface area contributed by atoms with Crippen molar-refractivity contribution >= 4 is 5.96 Å². The van der Waals surface area contributed by atoms with Crippen LogP contribution in [0, 0.1) is 6.92 Å². The first-order chi connectivity index (χ1) is 9.81. The van der Waals surface area contributed by atoms with Gasteiger partial charge in [-0.1, -0.05) is 25.5 Å². The summed E-state index contributed by atoms with van der Waals surface area (Å²) in [4.78, 5) is 4.39. The molecule has 1 aromatic rings. The molecule has 0 aliphatic rings. The smallest absolute Gasteiger partial charge is 0.188 e. The molecule has 1 rings (SSSR count). The van der Waals surface area contributed by atoms with Crippen LogP contribution in [0.1, 0.15) is 51.7 Å². The SMILES string of the molecule is CCCCNC(N)=NCc1ccc(C)cc1OC(C)(C)C. The fourth-order valence-corrected chi connectivity index (χ4v) is 1.84. The average molecular weight is 291 g/mol. The highest BCUT2D eigenvalue weighted by Gasteiger charge is 2.14. The van der Waals surface area contributed by atoms with Gasteiger partial charge in [-0.3, -0.25) is 0 Å². The monoisotopic (exact) mass is 291 g/mol. The molecule has 1 aromatic carbocycles. The van der Waals surface area contributed by atoms with Gasteiger partial charge in [-0.15, -0.1) is 0 Å². The zero-order valence-electron chi connectivity index (χ0n) is 14.0. The summed E-state index contributed by atoms with van der Waals surface area (Å²) < 4.78 is 6.01. The van der Waals surface area contributed by atoms with Gasteiger partial charge in [-0.25, -0.2) is 4.99 Å². The molecule has 21 heavy (non-hydrogen) atoms. The van der Waals surface area contributed by atoms with Crippen LogP contribution >= 0.6 is 0 Å². The Morgan fingerprint density at radius 1 is 1.33 bits per heavy atom. The van der Waals surface area contributed by atoms with Crippen LogP contribution in [0.3, 0.4) is 0 Å². The second kappa shape index (κ2) is 7.91. The number of guanidine groups is 1. The van der Waals surface area contributed by atoms with E-state index >= 15 is 0 Å². The molecule has 3 N–H and O–H groups in total. The molecule has 0 amide bonds. The lowest BCUT2D eigenvalue weighted by molar-refractivity contribution is 0.129. The Morgan fingerprint density at radius 3 is 2.67 bits per heavy atom. The quantitative estimate of drug-likeness (QED) is 0.480. The summed E-state index contributed by atoms with van der Waals surface area (Å²) in [5.41, 5.74) is 7.87. The zero-order chi connectivity index (χ0) is 15.9. The van der Waals surface area contributed by atoms with Crippen molar-refractivity contribution in [2.45, 2.75) is 59.6 Å². The minimum Gasteiger partial charge on any atom is -0.488 e. The molecular weight excluding hydrogens is 262 g/mol. The second-order valence-corrected chi connectivity index (χ2v) is 6.31. The van der Waals surface area contributed by atoms with E-state index in [9.17, 15) is 0 Å². The maximum atomic E-state index is 6.01. The van der Waals surface area contributed by atoms with Crippen LogP contribution < -0.4 is 15.8 Å². The summed E-state index contributed by atoms with van der Waals surface area (Å²) in [7, 11) is 0. The largest absolute Gasteiger partial charge is 0.488 e. The van der Waals surface area contributed by atoms with Gasteiger partial charge in [-0.2, -0.15) is 0 Å². The van der Waals surface area contributed by atoms with Gasteiger partial charge in [0.15, 0.2) is 5.96 Å². The van der Waals surface area contributed by atoms with Crippen LogP contribution in [0.15, 0.2) is 23.2 Å². The van der Waals surface area contributed by atoms with E-state index < -0.39 is 0 Å². The molecule has 0 atom stereocenters. The fraction of sp³-hybridized carbons (Fsp3) is 0.588. The first-order valence-corrected chi connectivity index (χ1v) is 7.64. The van der Waals surface area contributed by atoms with Gasteiger partial charge in [0.05, 0.1) is 6.54 Å². The maximum Gasteiger partial charge on any atom is 0.188 e. The predicted molar refractivity (Wildman–Crippen MR) is 89.8 cm³/mol. The van der Waals surface area contributed by atoms with Crippen LogP contribution in [0.25, 0.3) is 0 Å². The molecule has 0 radical (unpaired) electrons. The zero-order valence-corrected chi connectivity index (χ0v) is 14.0. The molecule has 0 aliphatic carbocycles.